The number of pyridine rings is 1. The second-order valence-electron chi connectivity index (χ2n) is 5.22. The zero-order valence-corrected chi connectivity index (χ0v) is 11.9. The number of aliphatic hydroxyl groups is 1. The SMILES string of the molecule is CCC(C)C(O)CNCc1cnc2c(C)cccn12. The molecule has 0 aromatic carbocycles. The smallest absolute Gasteiger partial charge is 0.139 e. The molecule has 0 saturated carbocycles. The number of hydrogen-bond acceptors (Lipinski definition) is 3. The van der Waals surface area contributed by atoms with Crippen LogP contribution in [0, 0.1) is 12.8 Å². The van der Waals surface area contributed by atoms with Crippen LogP contribution in [0.15, 0.2) is 24.5 Å². The maximum atomic E-state index is 9.92. The number of nitrogens with zero attached hydrogens (tertiary/aromatic N) is 2. The highest BCUT2D eigenvalue weighted by molar-refractivity contribution is 5.48. The van der Waals surface area contributed by atoms with Crippen molar-refractivity contribution in [2.75, 3.05) is 6.54 Å². The summed E-state index contributed by atoms with van der Waals surface area (Å²) in [6.07, 6.45) is 4.63. The van der Waals surface area contributed by atoms with Crippen LogP contribution in [-0.2, 0) is 6.54 Å². The number of hydrogen-bond donors (Lipinski definition) is 2. The molecule has 4 heteroatoms. The first-order valence-electron chi connectivity index (χ1n) is 6.93. The summed E-state index contributed by atoms with van der Waals surface area (Å²) in [6, 6.07) is 4.09. The quantitative estimate of drug-likeness (QED) is 0.837. The van der Waals surface area contributed by atoms with E-state index in [2.05, 4.69) is 41.5 Å². The zero-order chi connectivity index (χ0) is 13.8. The predicted molar refractivity (Wildman–Crippen MR) is 77.1 cm³/mol. The summed E-state index contributed by atoms with van der Waals surface area (Å²) < 4.78 is 2.10. The molecule has 104 valence electrons. The average molecular weight is 261 g/mol. The Kier molecular flexibility index (Phi) is 4.56. The third-order valence-electron chi connectivity index (χ3n) is 3.77. The molecule has 0 spiro atoms. The molecule has 2 atom stereocenters. The van der Waals surface area contributed by atoms with Crippen LogP contribution in [0.2, 0.25) is 0 Å². The Labute approximate surface area is 114 Å². The normalized spacial score (nSPS) is 14.7. The largest absolute Gasteiger partial charge is 0.392 e. The molecule has 0 saturated heterocycles. The first-order valence-corrected chi connectivity index (χ1v) is 6.93. The van der Waals surface area contributed by atoms with Gasteiger partial charge in [0.05, 0.1) is 18.0 Å². The van der Waals surface area contributed by atoms with Gasteiger partial charge in [-0.15, -0.1) is 0 Å². The predicted octanol–water partition coefficient (Wildman–Crippen LogP) is 2.14. The Morgan fingerprint density at radius 2 is 2.26 bits per heavy atom. The van der Waals surface area contributed by atoms with E-state index in [0.29, 0.717) is 12.5 Å². The summed E-state index contributed by atoms with van der Waals surface area (Å²) in [6.45, 7) is 7.57. The van der Waals surface area contributed by atoms with Crippen molar-refractivity contribution in [1.82, 2.24) is 14.7 Å². The summed E-state index contributed by atoms with van der Waals surface area (Å²) in [5.74, 6) is 0.330. The van der Waals surface area contributed by atoms with Gasteiger partial charge < -0.3 is 14.8 Å². The van der Waals surface area contributed by atoms with Gasteiger partial charge in [0.25, 0.3) is 0 Å². The van der Waals surface area contributed by atoms with E-state index in [1.54, 1.807) is 0 Å². The maximum absolute atomic E-state index is 9.92. The molecule has 0 fully saturated rings. The van der Waals surface area contributed by atoms with E-state index < -0.39 is 0 Å². The molecule has 0 radical (unpaired) electrons. The lowest BCUT2D eigenvalue weighted by Crippen LogP contribution is -2.31. The highest BCUT2D eigenvalue weighted by Gasteiger charge is 2.12. The van der Waals surface area contributed by atoms with Crippen LogP contribution in [0.3, 0.4) is 0 Å². The molecule has 0 aliphatic heterocycles. The van der Waals surface area contributed by atoms with Crippen LogP contribution in [0.4, 0.5) is 0 Å². The van der Waals surface area contributed by atoms with Gasteiger partial charge in [0.2, 0.25) is 0 Å². The first kappa shape index (κ1) is 14.0. The van der Waals surface area contributed by atoms with Gasteiger partial charge in [-0.1, -0.05) is 26.3 Å². The van der Waals surface area contributed by atoms with Gasteiger partial charge in [0.1, 0.15) is 5.65 Å². The molecule has 0 amide bonds. The molecule has 2 heterocycles. The minimum absolute atomic E-state index is 0.286. The summed E-state index contributed by atoms with van der Waals surface area (Å²) >= 11 is 0. The Morgan fingerprint density at radius 1 is 1.47 bits per heavy atom. The number of rotatable bonds is 6. The second-order valence-corrected chi connectivity index (χ2v) is 5.22. The van der Waals surface area contributed by atoms with E-state index in [1.807, 2.05) is 18.5 Å². The molecule has 4 nitrogen and oxygen atoms in total. The Balaban J connectivity index is 1.97. The fourth-order valence-electron chi connectivity index (χ4n) is 2.15. The average Bonchev–Trinajstić information content (AvgIpc) is 2.82. The van der Waals surface area contributed by atoms with Crippen molar-refractivity contribution < 1.29 is 5.11 Å². The van der Waals surface area contributed by atoms with Crippen molar-refractivity contribution in [3.8, 4) is 0 Å². The standard InChI is InChI=1S/C15H23N3O/c1-4-11(2)14(19)10-16-8-13-9-17-15-12(3)6-5-7-18(13)15/h5-7,9,11,14,16,19H,4,8,10H2,1-3H3. The molecular weight excluding hydrogens is 238 g/mol. The summed E-state index contributed by atoms with van der Waals surface area (Å²) in [7, 11) is 0. The van der Waals surface area contributed by atoms with Crippen LogP contribution in [0.5, 0.6) is 0 Å². The molecule has 2 aromatic heterocycles. The number of nitrogens with one attached hydrogen (secondary N) is 1. The third-order valence-corrected chi connectivity index (χ3v) is 3.77. The van der Waals surface area contributed by atoms with Gasteiger partial charge in [0.15, 0.2) is 0 Å². The molecule has 0 aliphatic carbocycles. The topological polar surface area (TPSA) is 49.6 Å². The number of aryl methyl sites for hydroxylation is 1. The molecule has 0 aliphatic rings. The minimum atomic E-state index is -0.286. The van der Waals surface area contributed by atoms with Gasteiger partial charge >= 0.3 is 0 Å². The summed E-state index contributed by atoms with van der Waals surface area (Å²) in [4.78, 5) is 4.43. The number of aromatic nitrogens is 2. The van der Waals surface area contributed by atoms with Crippen LogP contribution in [0.1, 0.15) is 31.5 Å². The van der Waals surface area contributed by atoms with Crippen molar-refractivity contribution >= 4 is 5.65 Å². The minimum Gasteiger partial charge on any atom is -0.392 e. The van der Waals surface area contributed by atoms with Gasteiger partial charge in [-0.2, -0.15) is 0 Å². The van der Waals surface area contributed by atoms with E-state index in [9.17, 15) is 5.11 Å². The van der Waals surface area contributed by atoms with Crippen molar-refractivity contribution in [3.05, 3.63) is 35.8 Å². The third kappa shape index (κ3) is 3.14. The highest BCUT2D eigenvalue weighted by atomic mass is 16.3. The number of aliphatic hydroxyl groups excluding tert-OH is 1. The first-order chi connectivity index (χ1) is 9.13. The van der Waals surface area contributed by atoms with Crippen LogP contribution in [0.25, 0.3) is 5.65 Å². The highest BCUT2D eigenvalue weighted by Crippen LogP contribution is 2.11. The monoisotopic (exact) mass is 261 g/mol. The van der Waals surface area contributed by atoms with E-state index in [4.69, 9.17) is 0 Å². The van der Waals surface area contributed by atoms with Crippen LogP contribution < -0.4 is 5.32 Å². The summed E-state index contributed by atoms with van der Waals surface area (Å²) in [5.41, 5.74) is 3.30. The fourth-order valence-corrected chi connectivity index (χ4v) is 2.15. The Hall–Kier alpha value is -1.39. The van der Waals surface area contributed by atoms with Crippen molar-refractivity contribution in [3.63, 3.8) is 0 Å². The van der Waals surface area contributed by atoms with Gasteiger partial charge in [-0.25, -0.2) is 4.98 Å². The second kappa shape index (κ2) is 6.17. The molecule has 2 rings (SSSR count). The Bertz CT molecular complexity index is 535. The van der Waals surface area contributed by atoms with Gasteiger partial charge in [-0.05, 0) is 24.5 Å². The van der Waals surface area contributed by atoms with Crippen LogP contribution >= 0.6 is 0 Å². The van der Waals surface area contributed by atoms with E-state index in [0.717, 1.165) is 24.3 Å². The van der Waals surface area contributed by atoms with Gasteiger partial charge in [-0.3, -0.25) is 0 Å². The lowest BCUT2D eigenvalue weighted by molar-refractivity contribution is 0.112. The van der Waals surface area contributed by atoms with E-state index >= 15 is 0 Å². The Morgan fingerprint density at radius 3 is 3.00 bits per heavy atom. The van der Waals surface area contributed by atoms with Gasteiger partial charge in [0, 0.05) is 19.3 Å². The van der Waals surface area contributed by atoms with Crippen molar-refractivity contribution in [2.45, 2.75) is 39.8 Å². The number of fused-ring (bicyclic) bond motifs is 1. The maximum Gasteiger partial charge on any atom is 0.139 e. The molecule has 0 bridgehead atoms. The molecule has 2 N–H and O–H groups in total. The number of imidazole rings is 1. The van der Waals surface area contributed by atoms with Crippen molar-refractivity contribution in [2.24, 2.45) is 5.92 Å². The molecule has 2 unspecified atom stereocenters. The summed E-state index contributed by atoms with van der Waals surface area (Å²) in [5, 5.41) is 13.2. The fraction of sp³-hybridized carbons (Fsp3) is 0.533. The van der Waals surface area contributed by atoms with E-state index in [1.165, 1.54) is 5.56 Å². The lowest BCUT2D eigenvalue weighted by Gasteiger charge is -2.17. The van der Waals surface area contributed by atoms with Crippen LogP contribution in [-0.4, -0.2) is 27.1 Å². The molecular formula is C15H23N3O. The zero-order valence-electron chi connectivity index (χ0n) is 11.9. The molecule has 2 aromatic rings. The lowest BCUT2D eigenvalue weighted by atomic mass is 10.0. The molecule has 19 heavy (non-hydrogen) atoms. The van der Waals surface area contributed by atoms with E-state index in [-0.39, 0.29) is 6.10 Å². The van der Waals surface area contributed by atoms with Crippen molar-refractivity contribution in [1.29, 1.82) is 0 Å².